The maximum atomic E-state index is 4.82. The monoisotopic (exact) mass is 292 g/mol. The van der Waals surface area contributed by atoms with Crippen LogP contribution in [0.3, 0.4) is 0 Å². The summed E-state index contributed by atoms with van der Waals surface area (Å²) in [6.45, 7) is 14.5. The predicted octanol–water partition coefficient (Wildman–Crippen LogP) is 3.21. The number of hydrogen-bond acceptors (Lipinski definition) is 3. The molecule has 0 amide bonds. The van der Waals surface area contributed by atoms with Crippen LogP contribution in [0.2, 0.25) is 0 Å². The second-order valence-electron chi connectivity index (χ2n) is 6.94. The van der Waals surface area contributed by atoms with E-state index in [1.807, 2.05) is 0 Å². The highest BCUT2D eigenvalue weighted by Gasteiger charge is 2.33. The predicted molar refractivity (Wildman–Crippen MR) is 88.4 cm³/mol. The Bertz CT molecular complexity index is 434. The normalized spacial score (nSPS) is 22.9. The molecule has 0 bridgehead atoms. The highest BCUT2D eigenvalue weighted by molar-refractivity contribution is 5.03. The van der Waals surface area contributed by atoms with E-state index < -0.39 is 0 Å². The summed E-state index contributed by atoms with van der Waals surface area (Å²) in [5.74, 6) is 0. The fraction of sp³-hybridized carbons (Fsp3) is 0.824. The first-order chi connectivity index (χ1) is 10.00. The van der Waals surface area contributed by atoms with E-state index in [1.165, 1.54) is 12.1 Å². The van der Waals surface area contributed by atoms with Crippen LogP contribution in [-0.4, -0.2) is 39.4 Å². The van der Waals surface area contributed by atoms with Gasteiger partial charge in [-0.1, -0.05) is 20.8 Å². The third kappa shape index (κ3) is 3.86. The summed E-state index contributed by atoms with van der Waals surface area (Å²) in [5, 5.41) is 8.47. The molecule has 0 aromatic carbocycles. The van der Waals surface area contributed by atoms with Gasteiger partial charge in [0.1, 0.15) is 0 Å². The molecule has 4 heteroatoms. The Balaban J connectivity index is 2.05. The molecule has 0 aliphatic carbocycles. The highest BCUT2D eigenvalue weighted by Crippen LogP contribution is 2.22. The minimum absolute atomic E-state index is 0.199. The Kier molecular flexibility index (Phi) is 5.44. The van der Waals surface area contributed by atoms with Crippen molar-refractivity contribution in [3.05, 3.63) is 18.0 Å². The van der Waals surface area contributed by atoms with Crippen LogP contribution in [0.25, 0.3) is 0 Å². The first kappa shape index (κ1) is 16.5. The number of rotatable bonds is 6. The van der Waals surface area contributed by atoms with Crippen molar-refractivity contribution in [2.24, 2.45) is 0 Å². The standard InChI is InChI=1S/C17H32N4/c1-6-14-11-20(17(4,5)13-18-14)12-15-9-10-21(19-15)16(7-2)8-3/h9-10,14,16,18H,6-8,11-13H2,1-5H3. The molecule has 1 fully saturated rings. The average molecular weight is 292 g/mol. The first-order valence-corrected chi connectivity index (χ1v) is 8.52. The fourth-order valence-corrected chi connectivity index (χ4v) is 3.16. The van der Waals surface area contributed by atoms with Gasteiger partial charge in [-0.2, -0.15) is 5.10 Å². The van der Waals surface area contributed by atoms with Gasteiger partial charge < -0.3 is 5.32 Å². The van der Waals surface area contributed by atoms with Gasteiger partial charge in [0.15, 0.2) is 0 Å². The van der Waals surface area contributed by atoms with Crippen molar-refractivity contribution in [2.45, 2.75) is 78.0 Å². The Hall–Kier alpha value is -0.870. The number of hydrogen-bond donors (Lipinski definition) is 1. The maximum absolute atomic E-state index is 4.82. The van der Waals surface area contributed by atoms with E-state index in [2.05, 4.69) is 61.8 Å². The molecule has 1 aliphatic rings. The molecule has 2 rings (SSSR count). The summed E-state index contributed by atoms with van der Waals surface area (Å²) in [5.41, 5.74) is 1.40. The van der Waals surface area contributed by atoms with Crippen LogP contribution in [0.4, 0.5) is 0 Å². The minimum Gasteiger partial charge on any atom is -0.311 e. The molecule has 1 aliphatic heterocycles. The van der Waals surface area contributed by atoms with E-state index in [-0.39, 0.29) is 5.54 Å². The molecule has 1 saturated heterocycles. The summed E-state index contributed by atoms with van der Waals surface area (Å²) in [7, 11) is 0. The summed E-state index contributed by atoms with van der Waals surface area (Å²) < 4.78 is 2.15. The molecule has 1 aromatic rings. The van der Waals surface area contributed by atoms with Crippen molar-refractivity contribution in [1.29, 1.82) is 0 Å². The molecule has 0 saturated carbocycles. The number of nitrogens with zero attached hydrogens (tertiary/aromatic N) is 3. The Morgan fingerprint density at radius 2 is 2.05 bits per heavy atom. The van der Waals surface area contributed by atoms with Crippen LogP contribution in [0.5, 0.6) is 0 Å². The van der Waals surface area contributed by atoms with Gasteiger partial charge in [0, 0.05) is 37.4 Å². The molecule has 0 spiro atoms. The molecule has 1 unspecified atom stereocenters. The maximum Gasteiger partial charge on any atom is 0.0765 e. The molecule has 1 atom stereocenters. The van der Waals surface area contributed by atoms with Gasteiger partial charge in [0.05, 0.1) is 11.7 Å². The Labute approximate surface area is 129 Å². The van der Waals surface area contributed by atoms with Gasteiger partial charge in [-0.25, -0.2) is 0 Å². The molecule has 120 valence electrons. The quantitative estimate of drug-likeness (QED) is 0.874. The van der Waals surface area contributed by atoms with E-state index in [9.17, 15) is 0 Å². The van der Waals surface area contributed by atoms with Gasteiger partial charge in [-0.05, 0) is 39.2 Å². The van der Waals surface area contributed by atoms with Crippen molar-refractivity contribution in [2.75, 3.05) is 13.1 Å². The summed E-state index contributed by atoms with van der Waals surface area (Å²) in [6, 6.07) is 3.34. The van der Waals surface area contributed by atoms with Gasteiger partial charge in [-0.15, -0.1) is 0 Å². The van der Waals surface area contributed by atoms with Crippen molar-refractivity contribution in [1.82, 2.24) is 20.0 Å². The van der Waals surface area contributed by atoms with Crippen molar-refractivity contribution in [3.8, 4) is 0 Å². The highest BCUT2D eigenvalue weighted by atomic mass is 15.3. The smallest absolute Gasteiger partial charge is 0.0765 e. The lowest BCUT2D eigenvalue weighted by Crippen LogP contribution is -2.61. The largest absolute Gasteiger partial charge is 0.311 e. The third-order valence-electron chi connectivity index (χ3n) is 4.95. The van der Waals surface area contributed by atoms with Crippen LogP contribution in [0.1, 0.15) is 65.6 Å². The lowest BCUT2D eigenvalue weighted by Gasteiger charge is -2.45. The van der Waals surface area contributed by atoms with Crippen LogP contribution < -0.4 is 5.32 Å². The average Bonchev–Trinajstić information content (AvgIpc) is 2.91. The molecular weight excluding hydrogens is 260 g/mol. The van der Waals surface area contributed by atoms with Gasteiger partial charge in [-0.3, -0.25) is 9.58 Å². The van der Waals surface area contributed by atoms with Crippen LogP contribution in [0.15, 0.2) is 12.3 Å². The zero-order valence-electron chi connectivity index (χ0n) is 14.4. The zero-order valence-corrected chi connectivity index (χ0v) is 14.4. The molecule has 0 radical (unpaired) electrons. The summed E-state index contributed by atoms with van der Waals surface area (Å²) in [6.07, 6.45) is 5.64. The number of nitrogens with one attached hydrogen (secondary N) is 1. The van der Waals surface area contributed by atoms with Crippen LogP contribution in [-0.2, 0) is 6.54 Å². The third-order valence-corrected chi connectivity index (χ3v) is 4.95. The van der Waals surface area contributed by atoms with E-state index in [0.29, 0.717) is 12.1 Å². The van der Waals surface area contributed by atoms with Gasteiger partial charge >= 0.3 is 0 Å². The second kappa shape index (κ2) is 6.93. The van der Waals surface area contributed by atoms with Gasteiger partial charge in [0.25, 0.3) is 0 Å². The van der Waals surface area contributed by atoms with Crippen LogP contribution in [0, 0.1) is 0 Å². The minimum atomic E-state index is 0.199. The number of aromatic nitrogens is 2. The molecule has 4 nitrogen and oxygen atoms in total. The van der Waals surface area contributed by atoms with E-state index >= 15 is 0 Å². The Morgan fingerprint density at radius 1 is 1.33 bits per heavy atom. The van der Waals surface area contributed by atoms with Gasteiger partial charge in [0.2, 0.25) is 0 Å². The molecule has 2 heterocycles. The second-order valence-corrected chi connectivity index (χ2v) is 6.94. The van der Waals surface area contributed by atoms with Crippen LogP contribution >= 0.6 is 0 Å². The van der Waals surface area contributed by atoms with E-state index in [1.54, 1.807) is 0 Å². The van der Waals surface area contributed by atoms with Crippen molar-refractivity contribution >= 4 is 0 Å². The fourth-order valence-electron chi connectivity index (χ4n) is 3.16. The molecule has 1 aromatic heterocycles. The SMILES string of the molecule is CCC1CN(Cc2ccn(C(CC)CC)n2)C(C)(C)CN1. The topological polar surface area (TPSA) is 33.1 Å². The number of piperazine rings is 1. The molecule has 1 N–H and O–H groups in total. The van der Waals surface area contributed by atoms with Crippen molar-refractivity contribution < 1.29 is 0 Å². The molecular formula is C17H32N4. The zero-order chi connectivity index (χ0) is 15.5. The molecule has 21 heavy (non-hydrogen) atoms. The van der Waals surface area contributed by atoms with E-state index in [0.717, 1.165) is 32.5 Å². The lowest BCUT2D eigenvalue weighted by molar-refractivity contribution is 0.0562. The van der Waals surface area contributed by atoms with Crippen molar-refractivity contribution in [3.63, 3.8) is 0 Å². The van der Waals surface area contributed by atoms with E-state index in [4.69, 9.17) is 5.10 Å². The lowest BCUT2D eigenvalue weighted by atomic mass is 9.96. The summed E-state index contributed by atoms with van der Waals surface area (Å²) in [4.78, 5) is 2.58. The first-order valence-electron chi connectivity index (χ1n) is 8.52. The summed E-state index contributed by atoms with van der Waals surface area (Å²) >= 11 is 0. The Morgan fingerprint density at radius 3 is 2.67 bits per heavy atom.